The van der Waals surface area contributed by atoms with E-state index in [9.17, 15) is 8.42 Å². The van der Waals surface area contributed by atoms with Gasteiger partial charge in [-0.15, -0.1) is 0 Å². The van der Waals surface area contributed by atoms with E-state index < -0.39 is 10.0 Å². The van der Waals surface area contributed by atoms with Crippen LogP contribution in [0.25, 0.3) is 10.9 Å². The van der Waals surface area contributed by atoms with E-state index in [4.69, 9.17) is 11.6 Å². The summed E-state index contributed by atoms with van der Waals surface area (Å²) in [5, 5.41) is 1.45. The van der Waals surface area contributed by atoms with Gasteiger partial charge in [0, 0.05) is 49.3 Å². The van der Waals surface area contributed by atoms with Crippen molar-refractivity contribution in [2.75, 3.05) is 33.2 Å². The van der Waals surface area contributed by atoms with Crippen molar-refractivity contribution < 1.29 is 8.42 Å². The second-order valence-electron chi connectivity index (χ2n) is 7.01. The Morgan fingerprint density at radius 2 is 1.70 bits per heavy atom. The van der Waals surface area contributed by atoms with Crippen LogP contribution in [0.15, 0.2) is 59.6 Å². The van der Waals surface area contributed by atoms with Crippen LogP contribution in [0.1, 0.15) is 5.56 Å². The Kier molecular flexibility index (Phi) is 4.99. The number of halogens is 1. The Morgan fingerprint density at radius 3 is 2.41 bits per heavy atom. The summed E-state index contributed by atoms with van der Waals surface area (Å²) in [4.78, 5) is 4.94. The van der Waals surface area contributed by atoms with Crippen molar-refractivity contribution in [2.45, 2.75) is 11.4 Å². The molecule has 5 nitrogen and oxygen atoms in total. The quantitative estimate of drug-likeness (QED) is 0.670. The van der Waals surface area contributed by atoms with Crippen molar-refractivity contribution in [2.24, 2.45) is 0 Å². The van der Waals surface area contributed by atoms with E-state index in [0.29, 0.717) is 10.5 Å². The van der Waals surface area contributed by atoms with Crippen molar-refractivity contribution in [3.8, 4) is 0 Å². The van der Waals surface area contributed by atoms with Gasteiger partial charge in [-0.05, 0) is 36.9 Å². The number of nitrogens with zero attached hydrogens (tertiary/aromatic N) is 3. The summed E-state index contributed by atoms with van der Waals surface area (Å²) in [6, 6.07) is 14.0. The highest BCUT2D eigenvalue weighted by Gasteiger charge is 2.23. The van der Waals surface area contributed by atoms with Gasteiger partial charge in [0.1, 0.15) is 0 Å². The normalized spacial score (nSPS) is 16.8. The lowest BCUT2D eigenvalue weighted by Crippen LogP contribution is -2.43. The average molecular weight is 404 g/mol. The number of rotatable bonds is 4. The maximum Gasteiger partial charge on any atom is 0.268 e. The van der Waals surface area contributed by atoms with Crippen molar-refractivity contribution in [3.63, 3.8) is 0 Å². The minimum absolute atomic E-state index is 0.271. The largest absolute Gasteiger partial charge is 0.304 e. The van der Waals surface area contributed by atoms with E-state index in [-0.39, 0.29) is 4.90 Å². The molecule has 1 aliphatic rings. The Balaban J connectivity index is 1.78. The van der Waals surface area contributed by atoms with Crippen molar-refractivity contribution >= 4 is 32.5 Å². The van der Waals surface area contributed by atoms with Crippen LogP contribution in [0.5, 0.6) is 0 Å². The van der Waals surface area contributed by atoms with Gasteiger partial charge in [0.15, 0.2) is 0 Å². The molecule has 3 aromatic rings. The summed E-state index contributed by atoms with van der Waals surface area (Å²) in [5.74, 6) is 0. The molecule has 2 aromatic carbocycles. The molecule has 0 atom stereocenters. The van der Waals surface area contributed by atoms with Gasteiger partial charge in [-0.3, -0.25) is 4.90 Å². The molecular weight excluding hydrogens is 382 g/mol. The minimum atomic E-state index is -3.68. The second-order valence-corrected chi connectivity index (χ2v) is 9.26. The van der Waals surface area contributed by atoms with Gasteiger partial charge in [0.05, 0.1) is 10.4 Å². The SMILES string of the molecule is CN1CCN(Cc2cn(S(=O)(=O)c3ccccc3)c3cc(Cl)ccc23)CC1. The van der Waals surface area contributed by atoms with Crippen LogP contribution in [0.2, 0.25) is 5.02 Å². The van der Waals surface area contributed by atoms with Crippen molar-refractivity contribution in [1.29, 1.82) is 0 Å². The molecule has 0 N–H and O–H groups in total. The highest BCUT2D eigenvalue weighted by molar-refractivity contribution is 7.90. The molecule has 0 spiro atoms. The third kappa shape index (κ3) is 3.62. The van der Waals surface area contributed by atoms with E-state index in [2.05, 4.69) is 16.8 Å². The number of benzene rings is 2. The fourth-order valence-corrected chi connectivity index (χ4v) is 5.09. The monoisotopic (exact) mass is 403 g/mol. The maximum absolute atomic E-state index is 13.2. The molecule has 1 aliphatic heterocycles. The summed E-state index contributed by atoms with van der Waals surface area (Å²) in [6.45, 7) is 4.72. The molecule has 7 heteroatoms. The van der Waals surface area contributed by atoms with Gasteiger partial charge in [-0.2, -0.15) is 0 Å². The molecule has 0 saturated carbocycles. The number of hydrogen-bond donors (Lipinski definition) is 0. The Bertz CT molecular complexity index is 1060. The molecule has 142 valence electrons. The zero-order valence-electron chi connectivity index (χ0n) is 15.2. The molecular formula is C20H22ClN3O2S. The predicted molar refractivity (Wildman–Crippen MR) is 109 cm³/mol. The van der Waals surface area contributed by atoms with Crippen LogP contribution in [0.4, 0.5) is 0 Å². The van der Waals surface area contributed by atoms with Gasteiger partial charge in [-0.1, -0.05) is 35.9 Å². The maximum atomic E-state index is 13.2. The fraction of sp³-hybridized carbons (Fsp3) is 0.300. The third-order valence-electron chi connectivity index (χ3n) is 5.11. The zero-order valence-corrected chi connectivity index (χ0v) is 16.7. The molecule has 4 rings (SSSR count). The average Bonchev–Trinajstić information content (AvgIpc) is 3.02. The molecule has 1 saturated heterocycles. The number of likely N-dealkylation sites (N-methyl/N-ethyl adjacent to an activating group) is 1. The number of aromatic nitrogens is 1. The Hall–Kier alpha value is -1.86. The first-order valence-electron chi connectivity index (χ1n) is 8.96. The molecule has 1 aromatic heterocycles. The van der Waals surface area contributed by atoms with Gasteiger partial charge in [-0.25, -0.2) is 12.4 Å². The molecule has 0 amide bonds. The first kappa shape index (κ1) is 18.5. The first-order valence-corrected chi connectivity index (χ1v) is 10.8. The number of hydrogen-bond acceptors (Lipinski definition) is 4. The molecule has 27 heavy (non-hydrogen) atoms. The Morgan fingerprint density at radius 1 is 1.00 bits per heavy atom. The highest BCUT2D eigenvalue weighted by atomic mass is 35.5. The second kappa shape index (κ2) is 7.28. The number of piperazine rings is 1. The van der Waals surface area contributed by atoms with Gasteiger partial charge in [0.25, 0.3) is 10.0 Å². The van der Waals surface area contributed by atoms with E-state index in [1.54, 1.807) is 36.5 Å². The van der Waals surface area contributed by atoms with Crippen LogP contribution in [-0.4, -0.2) is 55.4 Å². The molecule has 1 fully saturated rings. The van der Waals surface area contributed by atoms with Gasteiger partial charge in [0.2, 0.25) is 0 Å². The number of fused-ring (bicyclic) bond motifs is 1. The molecule has 0 radical (unpaired) electrons. The first-order chi connectivity index (χ1) is 12.9. The molecule has 2 heterocycles. The van der Waals surface area contributed by atoms with E-state index >= 15 is 0 Å². The summed E-state index contributed by atoms with van der Waals surface area (Å²) in [6.07, 6.45) is 1.75. The van der Waals surface area contributed by atoms with Crippen LogP contribution < -0.4 is 0 Å². The van der Waals surface area contributed by atoms with E-state index in [0.717, 1.165) is 43.7 Å². The van der Waals surface area contributed by atoms with Crippen molar-refractivity contribution in [3.05, 3.63) is 65.3 Å². The lowest BCUT2D eigenvalue weighted by Gasteiger charge is -2.32. The lowest BCUT2D eigenvalue weighted by molar-refractivity contribution is 0.148. The highest BCUT2D eigenvalue weighted by Crippen LogP contribution is 2.29. The van der Waals surface area contributed by atoms with E-state index in [1.165, 1.54) is 3.97 Å². The molecule has 0 aliphatic carbocycles. The van der Waals surface area contributed by atoms with Gasteiger partial charge >= 0.3 is 0 Å². The topological polar surface area (TPSA) is 45.5 Å². The molecule has 0 bridgehead atoms. The standard InChI is InChI=1S/C20H22ClN3O2S/c1-22-9-11-23(12-10-22)14-16-15-24(20-13-17(21)7-8-19(16)20)27(25,26)18-5-3-2-4-6-18/h2-8,13,15H,9-12,14H2,1H3. The van der Waals surface area contributed by atoms with Crippen LogP contribution in [0, 0.1) is 0 Å². The smallest absolute Gasteiger partial charge is 0.268 e. The van der Waals surface area contributed by atoms with Crippen LogP contribution >= 0.6 is 11.6 Å². The summed E-state index contributed by atoms with van der Waals surface area (Å²) >= 11 is 6.18. The zero-order chi connectivity index (χ0) is 19.0. The predicted octanol–water partition coefficient (Wildman–Crippen LogP) is 3.28. The minimum Gasteiger partial charge on any atom is -0.304 e. The fourth-order valence-electron chi connectivity index (χ4n) is 3.52. The van der Waals surface area contributed by atoms with Gasteiger partial charge < -0.3 is 4.90 Å². The molecule has 0 unspecified atom stereocenters. The van der Waals surface area contributed by atoms with Crippen LogP contribution in [0.3, 0.4) is 0 Å². The third-order valence-corrected chi connectivity index (χ3v) is 7.03. The van der Waals surface area contributed by atoms with E-state index in [1.807, 2.05) is 18.2 Å². The summed E-state index contributed by atoms with van der Waals surface area (Å²) in [7, 11) is -1.56. The Labute approximate surface area is 164 Å². The van der Waals surface area contributed by atoms with Crippen LogP contribution in [-0.2, 0) is 16.6 Å². The van der Waals surface area contributed by atoms with Crippen molar-refractivity contribution in [1.82, 2.24) is 13.8 Å². The lowest BCUT2D eigenvalue weighted by atomic mass is 10.1. The summed E-state index contributed by atoms with van der Waals surface area (Å²) in [5.41, 5.74) is 1.63. The summed E-state index contributed by atoms with van der Waals surface area (Å²) < 4.78 is 27.8.